The summed E-state index contributed by atoms with van der Waals surface area (Å²) in [5.74, 6) is 1.01. The van der Waals surface area contributed by atoms with Crippen LogP contribution < -0.4 is 19.7 Å². The number of rotatable bonds is 2. The van der Waals surface area contributed by atoms with Gasteiger partial charge < -0.3 is 24.6 Å². The Morgan fingerprint density at radius 2 is 1.66 bits per heavy atom. The number of pyridine rings is 1. The van der Waals surface area contributed by atoms with Crippen molar-refractivity contribution in [2.24, 2.45) is 0 Å². The van der Waals surface area contributed by atoms with Crippen molar-refractivity contribution in [3.05, 3.63) is 42.7 Å². The van der Waals surface area contributed by atoms with Crippen molar-refractivity contribution in [1.29, 1.82) is 0 Å². The predicted molar refractivity (Wildman–Crippen MR) is 111 cm³/mol. The monoisotopic (exact) mass is 394 g/mol. The molecule has 1 aromatic carbocycles. The molecule has 2 aromatic rings. The molecule has 7 nitrogen and oxygen atoms in total. The summed E-state index contributed by atoms with van der Waals surface area (Å²) in [7, 11) is 0. The molecule has 3 aliphatic rings. The lowest BCUT2D eigenvalue weighted by Gasteiger charge is -2.36. The quantitative estimate of drug-likeness (QED) is 0.838. The van der Waals surface area contributed by atoms with E-state index in [9.17, 15) is 4.79 Å². The molecule has 0 unspecified atom stereocenters. The molecule has 1 saturated carbocycles. The summed E-state index contributed by atoms with van der Waals surface area (Å²) >= 11 is 0. The Kier molecular flexibility index (Phi) is 4.66. The van der Waals surface area contributed by atoms with Crippen LogP contribution in [0, 0.1) is 0 Å². The number of carbonyl (C=O) groups excluding carboxylic acids is 1. The first-order valence-electron chi connectivity index (χ1n) is 10.4. The number of piperazine rings is 1. The standard InChI is InChI=1S/C22H26N4O3/c27-21(26-14-12-25(13-15-26)18-6-10-23-11-7-18)24-17-4-5-19-20(16-17)29-22(28-19)8-2-1-3-9-22/h4-7,10-11,16H,1-3,8-9,12-15H2,(H,24,27). The zero-order valence-corrected chi connectivity index (χ0v) is 16.5. The maximum Gasteiger partial charge on any atom is 0.321 e. The lowest BCUT2D eigenvalue weighted by atomic mass is 9.94. The highest BCUT2D eigenvalue weighted by atomic mass is 16.7. The van der Waals surface area contributed by atoms with Crippen LogP contribution in [0.2, 0.25) is 0 Å². The van der Waals surface area contributed by atoms with Crippen molar-refractivity contribution < 1.29 is 14.3 Å². The minimum atomic E-state index is -0.494. The van der Waals surface area contributed by atoms with E-state index in [2.05, 4.69) is 15.2 Å². The predicted octanol–water partition coefficient (Wildman–Crippen LogP) is 3.87. The van der Waals surface area contributed by atoms with Gasteiger partial charge in [0.1, 0.15) is 0 Å². The lowest BCUT2D eigenvalue weighted by Crippen LogP contribution is -2.50. The second kappa shape index (κ2) is 7.46. The van der Waals surface area contributed by atoms with Crippen molar-refractivity contribution in [2.75, 3.05) is 36.4 Å². The van der Waals surface area contributed by atoms with Gasteiger partial charge in [-0.05, 0) is 37.1 Å². The lowest BCUT2D eigenvalue weighted by molar-refractivity contribution is -0.105. The molecular weight excluding hydrogens is 368 g/mol. The van der Waals surface area contributed by atoms with Gasteiger partial charge in [-0.3, -0.25) is 4.98 Å². The molecule has 1 aromatic heterocycles. The molecule has 5 rings (SSSR count). The zero-order valence-electron chi connectivity index (χ0n) is 16.5. The van der Waals surface area contributed by atoms with E-state index in [1.807, 2.05) is 35.2 Å². The first kappa shape index (κ1) is 18.1. The third-order valence-electron chi connectivity index (χ3n) is 6.00. The molecule has 2 aliphatic heterocycles. The highest BCUT2D eigenvalue weighted by Crippen LogP contribution is 2.46. The van der Waals surface area contributed by atoms with Crippen LogP contribution in [0.4, 0.5) is 16.2 Å². The maximum atomic E-state index is 12.7. The van der Waals surface area contributed by atoms with Gasteiger partial charge in [-0.15, -0.1) is 0 Å². The van der Waals surface area contributed by atoms with Crippen LogP contribution in [-0.2, 0) is 0 Å². The Morgan fingerprint density at radius 3 is 2.41 bits per heavy atom. The van der Waals surface area contributed by atoms with Gasteiger partial charge in [0.15, 0.2) is 11.5 Å². The van der Waals surface area contributed by atoms with Gasteiger partial charge in [0, 0.05) is 68.9 Å². The Bertz CT molecular complexity index is 875. The summed E-state index contributed by atoms with van der Waals surface area (Å²) in [5, 5.41) is 3.01. The van der Waals surface area contributed by atoms with Gasteiger partial charge in [0.25, 0.3) is 5.79 Å². The number of hydrogen-bond donors (Lipinski definition) is 1. The first-order chi connectivity index (χ1) is 14.2. The van der Waals surface area contributed by atoms with Crippen molar-refractivity contribution in [3.63, 3.8) is 0 Å². The molecule has 1 N–H and O–H groups in total. The van der Waals surface area contributed by atoms with Crippen molar-refractivity contribution in [3.8, 4) is 11.5 Å². The summed E-state index contributed by atoms with van der Waals surface area (Å²) in [5.41, 5.74) is 1.88. The Morgan fingerprint density at radius 1 is 0.931 bits per heavy atom. The molecule has 1 saturated heterocycles. The fraction of sp³-hybridized carbons (Fsp3) is 0.455. The van der Waals surface area contributed by atoms with E-state index in [0.717, 1.165) is 61.6 Å². The van der Waals surface area contributed by atoms with Crippen LogP contribution in [0.3, 0.4) is 0 Å². The summed E-state index contributed by atoms with van der Waals surface area (Å²) in [6, 6.07) is 9.59. The number of ether oxygens (including phenoxy) is 2. The number of urea groups is 1. The number of anilines is 2. The second-order valence-electron chi connectivity index (χ2n) is 7.95. The number of hydrogen-bond acceptors (Lipinski definition) is 5. The van der Waals surface area contributed by atoms with E-state index < -0.39 is 5.79 Å². The molecule has 0 radical (unpaired) electrons. The molecule has 1 aliphatic carbocycles. The normalized spacial score (nSPS) is 20.0. The average molecular weight is 394 g/mol. The van der Waals surface area contributed by atoms with Crippen molar-refractivity contribution in [1.82, 2.24) is 9.88 Å². The highest BCUT2D eigenvalue weighted by molar-refractivity contribution is 5.90. The maximum absolute atomic E-state index is 12.7. The van der Waals surface area contributed by atoms with E-state index in [1.54, 1.807) is 12.4 Å². The Labute approximate surface area is 170 Å². The second-order valence-corrected chi connectivity index (χ2v) is 7.95. The smallest absolute Gasteiger partial charge is 0.321 e. The summed E-state index contributed by atoms with van der Waals surface area (Å²) in [6.45, 7) is 2.98. The number of nitrogens with zero attached hydrogens (tertiary/aromatic N) is 3. The molecule has 29 heavy (non-hydrogen) atoms. The minimum absolute atomic E-state index is 0.0781. The molecule has 0 bridgehead atoms. The average Bonchev–Trinajstić information content (AvgIpc) is 3.11. The van der Waals surface area contributed by atoms with Crippen LogP contribution in [0.15, 0.2) is 42.7 Å². The first-order valence-corrected chi connectivity index (χ1v) is 10.4. The number of fused-ring (bicyclic) bond motifs is 1. The molecule has 2 fully saturated rings. The van der Waals surface area contributed by atoms with Crippen LogP contribution >= 0.6 is 0 Å². The number of benzene rings is 1. The largest absolute Gasteiger partial charge is 0.448 e. The van der Waals surface area contributed by atoms with Gasteiger partial charge >= 0.3 is 6.03 Å². The van der Waals surface area contributed by atoms with E-state index in [0.29, 0.717) is 13.1 Å². The van der Waals surface area contributed by atoms with E-state index in [-0.39, 0.29) is 6.03 Å². The van der Waals surface area contributed by atoms with Crippen LogP contribution in [0.5, 0.6) is 11.5 Å². The molecule has 1 spiro atoms. The minimum Gasteiger partial charge on any atom is -0.448 e. The van der Waals surface area contributed by atoms with Crippen molar-refractivity contribution >= 4 is 17.4 Å². The molecular formula is C22H26N4O3. The summed E-state index contributed by atoms with van der Waals surface area (Å²) in [6.07, 6.45) is 8.93. The summed E-state index contributed by atoms with van der Waals surface area (Å²) < 4.78 is 12.3. The van der Waals surface area contributed by atoms with E-state index >= 15 is 0 Å². The molecule has 7 heteroatoms. The SMILES string of the molecule is O=C(Nc1ccc2c(c1)OC1(CCCCC1)O2)N1CCN(c2ccncc2)CC1. The van der Waals surface area contributed by atoms with Gasteiger partial charge in [0.05, 0.1) is 0 Å². The topological polar surface area (TPSA) is 66.9 Å². The van der Waals surface area contributed by atoms with E-state index in [4.69, 9.17) is 9.47 Å². The van der Waals surface area contributed by atoms with Crippen LogP contribution in [-0.4, -0.2) is 47.9 Å². The molecule has 2 amide bonds. The van der Waals surface area contributed by atoms with Gasteiger partial charge in [-0.2, -0.15) is 0 Å². The third kappa shape index (κ3) is 3.69. The molecule has 152 valence electrons. The van der Waals surface area contributed by atoms with Crippen molar-refractivity contribution in [2.45, 2.75) is 37.9 Å². The number of amides is 2. The van der Waals surface area contributed by atoms with Crippen LogP contribution in [0.25, 0.3) is 0 Å². The number of nitrogens with one attached hydrogen (secondary N) is 1. The Hall–Kier alpha value is -2.96. The van der Waals surface area contributed by atoms with E-state index in [1.165, 1.54) is 6.42 Å². The molecule has 0 atom stereocenters. The number of aromatic nitrogens is 1. The third-order valence-corrected chi connectivity index (χ3v) is 6.00. The highest BCUT2D eigenvalue weighted by Gasteiger charge is 2.42. The van der Waals surface area contributed by atoms with Gasteiger partial charge in [0.2, 0.25) is 0 Å². The van der Waals surface area contributed by atoms with Gasteiger partial charge in [-0.1, -0.05) is 6.42 Å². The number of carbonyl (C=O) groups is 1. The summed E-state index contributed by atoms with van der Waals surface area (Å²) in [4.78, 5) is 20.9. The molecule has 3 heterocycles. The van der Waals surface area contributed by atoms with Crippen LogP contribution in [0.1, 0.15) is 32.1 Å². The Balaban J connectivity index is 1.19. The van der Waals surface area contributed by atoms with Gasteiger partial charge in [-0.25, -0.2) is 4.79 Å². The fourth-order valence-electron chi connectivity index (χ4n) is 4.39. The fourth-order valence-corrected chi connectivity index (χ4v) is 4.39. The zero-order chi connectivity index (χ0) is 19.7.